The molecule has 6 heteroatoms. The Balaban J connectivity index is 2.24. The van der Waals surface area contributed by atoms with E-state index in [2.05, 4.69) is 12.2 Å². The minimum Gasteiger partial charge on any atom is -0.495 e. The number of benzene rings is 1. The number of ether oxygens (including phenoxy) is 1. The first kappa shape index (κ1) is 15.1. The van der Waals surface area contributed by atoms with Crippen LogP contribution in [-0.4, -0.2) is 21.6 Å². The molecule has 0 aliphatic heterocycles. The summed E-state index contributed by atoms with van der Waals surface area (Å²) < 4.78 is 28.2. The van der Waals surface area contributed by atoms with Gasteiger partial charge in [0, 0.05) is 6.04 Å². The average molecular weight is 298 g/mol. The van der Waals surface area contributed by atoms with Gasteiger partial charge in [0.1, 0.15) is 5.75 Å². The number of methoxy groups -OCH3 is 1. The number of nitrogens with one attached hydrogen (secondary N) is 1. The van der Waals surface area contributed by atoms with Gasteiger partial charge in [-0.2, -0.15) is 0 Å². The monoisotopic (exact) mass is 298 g/mol. The Bertz CT molecular complexity index is 566. The molecule has 1 fully saturated rings. The third kappa shape index (κ3) is 3.43. The maximum Gasteiger partial charge on any atom is 0.238 e. The number of nitrogens with two attached hydrogens (primary N) is 1. The highest BCUT2D eigenvalue weighted by Gasteiger charge is 2.22. The molecule has 1 unspecified atom stereocenters. The van der Waals surface area contributed by atoms with Crippen molar-refractivity contribution in [2.24, 2.45) is 11.1 Å². The van der Waals surface area contributed by atoms with Gasteiger partial charge in [-0.05, 0) is 43.9 Å². The van der Waals surface area contributed by atoms with E-state index in [0.717, 1.165) is 0 Å². The topological polar surface area (TPSA) is 81.4 Å². The number of anilines is 1. The molecule has 5 nitrogen and oxygen atoms in total. The van der Waals surface area contributed by atoms with Crippen LogP contribution < -0.4 is 15.2 Å². The molecule has 20 heavy (non-hydrogen) atoms. The standard InChI is InChI=1S/C14H22N2O3S/c1-10(11-5-3-4-6-11)16-13-9-12(20(15,17)18)7-8-14(13)19-2/h7-11,16H,3-6H2,1-2H3,(H2,15,17,18). The molecule has 1 aromatic rings. The van der Waals surface area contributed by atoms with Crippen molar-refractivity contribution in [3.8, 4) is 5.75 Å². The van der Waals surface area contributed by atoms with Crippen molar-refractivity contribution in [1.82, 2.24) is 0 Å². The molecule has 3 N–H and O–H groups in total. The molecule has 0 spiro atoms. The third-order valence-electron chi connectivity index (χ3n) is 3.99. The van der Waals surface area contributed by atoms with Gasteiger partial charge >= 0.3 is 0 Å². The average Bonchev–Trinajstić information content (AvgIpc) is 2.91. The van der Waals surface area contributed by atoms with Crippen LogP contribution in [0.15, 0.2) is 23.1 Å². The third-order valence-corrected chi connectivity index (χ3v) is 4.90. The van der Waals surface area contributed by atoms with E-state index in [0.29, 0.717) is 17.4 Å². The van der Waals surface area contributed by atoms with Gasteiger partial charge in [0.2, 0.25) is 10.0 Å². The summed E-state index contributed by atoms with van der Waals surface area (Å²) in [6.45, 7) is 2.12. The Morgan fingerprint density at radius 3 is 2.55 bits per heavy atom. The number of sulfonamides is 1. The maximum atomic E-state index is 11.4. The summed E-state index contributed by atoms with van der Waals surface area (Å²) in [7, 11) is -2.13. The number of hydrogen-bond acceptors (Lipinski definition) is 4. The molecule has 2 rings (SSSR count). The lowest BCUT2D eigenvalue weighted by Crippen LogP contribution is -2.24. The van der Waals surface area contributed by atoms with Gasteiger partial charge in [-0.3, -0.25) is 0 Å². The molecule has 0 amide bonds. The van der Waals surface area contributed by atoms with Crippen LogP contribution in [0.5, 0.6) is 5.75 Å². The van der Waals surface area contributed by atoms with E-state index in [4.69, 9.17) is 9.88 Å². The van der Waals surface area contributed by atoms with E-state index in [1.807, 2.05) is 0 Å². The van der Waals surface area contributed by atoms with E-state index in [1.165, 1.54) is 31.7 Å². The van der Waals surface area contributed by atoms with Crippen molar-refractivity contribution in [3.05, 3.63) is 18.2 Å². The maximum absolute atomic E-state index is 11.4. The van der Waals surface area contributed by atoms with Crippen molar-refractivity contribution in [2.45, 2.75) is 43.5 Å². The van der Waals surface area contributed by atoms with Crippen LogP contribution in [0.2, 0.25) is 0 Å². The van der Waals surface area contributed by atoms with E-state index in [1.54, 1.807) is 19.2 Å². The van der Waals surface area contributed by atoms with Crippen LogP contribution in [-0.2, 0) is 10.0 Å². The lowest BCUT2D eigenvalue weighted by molar-refractivity contribution is 0.413. The van der Waals surface area contributed by atoms with Crippen molar-refractivity contribution in [3.63, 3.8) is 0 Å². The second-order valence-corrected chi connectivity index (χ2v) is 6.95. The Hall–Kier alpha value is -1.27. The van der Waals surface area contributed by atoms with E-state index in [-0.39, 0.29) is 10.9 Å². The van der Waals surface area contributed by atoms with Crippen molar-refractivity contribution in [2.75, 3.05) is 12.4 Å². The number of primary sulfonamides is 1. The molecule has 0 heterocycles. The van der Waals surface area contributed by atoms with Gasteiger partial charge in [-0.1, -0.05) is 12.8 Å². The molecule has 1 aliphatic rings. The molecule has 0 bridgehead atoms. The molecule has 0 saturated heterocycles. The van der Waals surface area contributed by atoms with Crippen LogP contribution in [0.3, 0.4) is 0 Å². The quantitative estimate of drug-likeness (QED) is 0.874. The normalized spacial score (nSPS) is 17.9. The van der Waals surface area contributed by atoms with Gasteiger partial charge in [0.25, 0.3) is 0 Å². The van der Waals surface area contributed by atoms with Crippen molar-refractivity contribution in [1.29, 1.82) is 0 Å². The molecular weight excluding hydrogens is 276 g/mol. The molecule has 1 atom stereocenters. The highest BCUT2D eigenvalue weighted by atomic mass is 32.2. The summed E-state index contributed by atoms with van der Waals surface area (Å²) in [5, 5.41) is 8.54. The fraction of sp³-hybridized carbons (Fsp3) is 0.571. The summed E-state index contributed by atoms with van der Waals surface area (Å²) in [6, 6.07) is 4.91. The second kappa shape index (κ2) is 6.01. The first-order valence-electron chi connectivity index (χ1n) is 6.89. The summed E-state index contributed by atoms with van der Waals surface area (Å²) in [4.78, 5) is 0.0967. The van der Waals surface area contributed by atoms with Crippen LogP contribution in [0.4, 0.5) is 5.69 Å². The molecule has 1 aromatic carbocycles. The summed E-state index contributed by atoms with van der Waals surface area (Å²) in [5.41, 5.74) is 0.679. The zero-order valence-corrected chi connectivity index (χ0v) is 12.7. The first-order chi connectivity index (χ1) is 9.41. The van der Waals surface area contributed by atoms with Gasteiger partial charge in [0.15, 0.2) is 0 Å². The fourth-order valence-electron chi connectivity index (χ4n) is 2.80. The van der Waals surface area contributed by atoms with E-state index >= 15 is 0 Å². The largest absolute Gasteiger partial charge is 0.495 e. The summed E-state index contributed by atoms with van der Waals surface area (Å²) in [6.07, 6.45) is 4.97. The zero-order valence-electron chi connectivity index (χ0n) is 11.9. The van der Waals surface area contributed by atoms with Crippen LogP contribution in [0.1, 0.15) is 32.6 Å². The minimum absolute atomic E-state index is 0.0967. The second-order valence-electron chi connectivity index (χ2n) is 5.38. The Morgan fingerprint density at radius 2 is 2.00 bits per heavy atom. The number of rotatable bonds is 5. The predicted molar refractivity (Wildman–Crippen MR) is 79.4 cm³/mol. The van der Waals surface area contributed by atoms with Gasteiger partial charge in [-0.25, -0.2) is 13.6 Å². The van der Waals surface area contributed by atoms with Crippen LogP contribution >= 0.6 is 0 Å². The predicted octanol–water partition coefficient (Wildman–Crippen LogP) is 2.33. The molecule has 1 saturated carbocycles. The van der Waals surface area contributed by atoms with Gasteiger partial charge in [0.05, 0.1) is 17.7 Å². The van der Waals surface area contributed by atoms with Crippen molar-refractivity contribution < 1.29 is 13.2 Å². The van der Waals surface area contributed by atoms with E-state index < -0.39 is 10.0 Å². The molecule has 0 radical (unpaired) electrons. The van der Waals surface area contributed by atoms with Gasteiger partial charge < -0.3 is 10.1 Å². The number of hydrogen-bond donors (Lipinski definition) is 2. The lowest BCUT2D eigenvalue weighted by atomic mass is 9.99. The highest BCUT2D eigenvalue weighted by molar-refractivity contribution is 7.89. The minimum atomic E-state index is -3.70. The van der Waals surface area contributed by atoms with Crippen LogP contribution in [0, 0.1) is 5.92 Å². The van der Waals surface area contributed by atoms with Crippen molar-refractivity contribution >= 4 is 15.7 Å². The lowest BCUT2D eigenvalue weighted by Gasteiger charge is -2.23. The first-order valence-corrected chi connectivity index (χ1v) is 8.44. The Labute approximate surface area is 120 Å². The summed E-state index contributed by atoms with van der Waals surface area (Å²) >= 11 is 0. The Kier molecular flexibility index (Phi) is 4.55. The smallest absolute Gasteiger partial charge is 0.238 e. The fourth-order valence-corrected chi connectivity index (χ4v) is 3.34. The van der Waals surface area contributed by atoms with Crippen LogP contribution in [0.25, 0.3) is 0 Å². The summed E-state index contributed by atoms with van der Waals surface area (Å²) in [5.74, 6) is 1.25. The molecular formula is C14H22N2O3S. The highest BCUT2D eigenvalue weighted by Crippen LogP contribution is 2.32. The molecule has 112 valence electrons. The zero-order chi connectivity index (χ0) is 14.8. The Morgan fingerprint density at radius 1 is 1.35 bits per heavy atom. The molecule has 0 aromatic heterocycles. The van der Waals surface area contributed by atoms with E-state index in [9.17, 15) is 8.42 Å². The SMILES string of the molecule is COc1ccc(S(N)(=O)=O)cc1NC(C)C1CCCC1. The molecule has 1 aliphatic carbocycles. The van der Waals surface area contributed by atoms with Gasteiger partial charge in [-0.15, -0.1) is 0 Å².